The van der Waals surface area contributed by atoms with Gasteiger partial charge in [0.1, 0.15) is 11.6 Å². The maximum Gasteiger partial charge on any atom is 0.122 e. The fourth-order valence-corrected chi connectivity index (χ4v) is 3.77. The predicted octanol–water partition coefficient (Wildman–Crippen LogP) is 6.02. The second-order valence-corrected chi connectivity index (χ2v) is 7.67. The van der Waals surface area contributed by atoms with Crippen LogP contribution in [-0.4, -0.2) is 16.2 Å². The van der Waals surface area contributed by atoms with Gasteiger partial charge in [-0.2, -0.15) is 0 Å². The molecule has 29 heavy (non-hydrogen) atoms. The Bertz CT molecular complexity index is 1130. The highest BCUT2D eigenvalue weighted by molar-refractivity contribution is 5.76. The van der Waals surface area contributed by atoms with Crippen molar-refractivity contribution in [3.05, 3.63) is 94.8 Å². The molecule has 0 saturated heterocycles. The molecule has 0 fully saturated rings. The first-order valence-electron chi connectivity index (χ1n) is 10.3. The lowest BCUT2D eigenvalue weighted by Gasteiger charge is -2.13. The average molecular weight is 385 g/mol. The molecule has 0 amide bonds. The van der Waals surface area contributed by atoms with E-state index in [1.165, 1.54) is 27.8 Å². The SMILES string of the molecule is Cc1ccccc1Cc1nc2ccccc2n1CCCOc1cccc(C)c1C. The molecule has 3 nitrogen and oxygen atoms in total. The minimum atomic E-state index is 0.695. The molecule has 1 aromatic heterocycles. The van der Waals surface area contributed by atoms with E-state index >= 15 is 0 Å². The molecule has 0 spiro atoms. The van der Waals surface area contributed by atoms with Crippen LogP contribution in [0.5, 0.6) is 5.75 Å². The number of fused-ring (bicyclic) bond motifs is 1. The summed E-state index contributed by atoms with van der Waals surface area (Å²) < 4.78 is 8.43. The minimum absolute atomic E-state index is 0.695. The zero-order valence-corrected chi connectivity index (χ0v) is 17.5. The fourth-order valence-electron chi connectivity index (χ4n) is 3.77. The highest BCUT2D eigenvalue weighted by Crippen LogP contribution is 2.22. The van der Waals surface area contributed by atoms with Crippen LogP contribution in [0.4, 0.5) is 0 Å². The first-order valence-corrected chi connectivity index (χ1v) is 10.3. The first kappa shape index (κ1) is 19.3. The van der Waals surface area contributed by atoms with Crippen LogP contribution >= 0.6 is 0 Å². The molecule has 4 aromatic rings. The highest BCUT2D eigenvalue weighted by Gasteiger charge is 2.12. The number of benzene rings is 3. The van der Waals surface area contributed by atoms with Crippen LogP contribution in [0.25, 0.3) is 11.0 Å². The summed E-state index contributed by atoms with van der Waals surface area (Å²) in [5.74, 6) is 2.10. The minimum Gasteiger partial charge on any atom is -0.493 e. The van der Waals surface area contributed by atoms with Gasteiger partial charge in [-0.1, -0.05) is 48.5 Å². The second-order valence-electron chi connectivity index (χ2n) is 7.67. The van der Waals surface area contributed by atoms with E-state index in [1.807, 2.05) is 0 Å². The van der Waals surface area contributed by atoms with Crippen molar-refractivity contribution in [1.82, 2.24) is 9.55 Å². The van der Waals surface area contributed by atoms with E-state index in [0.717, 1.165) is 36.5 Å². The summed E-state index contributed by atoms with van der Waals surface area (Å²) in [6.07, 6.45) is 1.79. The van der Waals surface area contributed by atoms with Crippen LogP contribution in [0.15, 0.2) is 66.7 Å². The number of rotatable bonds is 7. The van der Waals surface area contributed by atoms with Crippen molar-refractivity contribution < 1.29 is 4.74 Å². The largest absolute Gasteiger partial charge is 0.493 e. The molecule has 0 bridgehead atoms. The maximum absolute atomic E-state index is 6.07. The van der Waals surface area contributed by atoms with E-state index < -0.39 is 0 Å². The summed E-state index contributed by atoms with van der Waals surface area (Å²) >= 11 is 0. The van der Waals surface area contributed by atoms with Gasteiger partial charge in [0, 0.05) is 13.0 Å². The third-order valence-electron chi connectivity index (χ3n) is 5.68. The van der Waals surface area contributed by atoms with Gasteiger partial charge >= 0.3 is 0 Å². The summed E-state index contributed by atoms with van der Waals surface area (Å²) in [6.45, 7) is 8.00. The number of aromatic nitrogens is 2. The third kappa shape index (κ3) is 4.19. The molecule has 0 saturated carbocycles. The van der Waals surface area contributed by atoms with E-state index in [2.05, 4.69) is 92.1 Å². The molecule has 3 heteroatoms. The molecule has 4 rings (SSSR count). The Balaban J connectivity index is 1.51. The van der Waals surface area contributed by atoms with Crippen molar-refractivity contribution in [3.8, 4) is 5.75 Å². The standard InChI is InChI=1S/C26H28N2O/c1-19-11-8-15-25(21(19)3)29-17-9-16-28-24-14-7-6-13-23(24)27-26(28)18-22-12-5-4-10-20(22)2/h4-8,10-15H,9,16-18H2,1-3H3. The topological polar surface area (TPSA) is 27.1 Å². The fraction of sp³-hybridized carbons (Fsp3) is 0.269. The molecule has 0 unspecified atom stereocenters. The van der Waals surface area contributed by atoms with E-state index in [-0.39, 0.29) is 0 Å². The molecule has 0 aliphatic heterocycles. The zero-order valence-electron chi connectivity index (χ0n) is 17.5. The molecule has 148 valence electrons. The van der Waals surface area contributed by atoms with Crippen LogP contribution in [0.1, 0.15) is 34.5 Å². The van der Waals surface area contributed by atoms with Gasteiger partial charge in [0.25, 0.3) is 0 Å². The van der Waals surface area contributed by atoms with Gasteiger partial charge in [0.15, 0.2) is 0 Å². The summed E-state index contributed by atoms with van der Waals surface area (Å²) in [5.41, 5.74) is 7.39. The average Bonchev–Trinajstić information content (AvgIpc) is 3.07. The van der Waals surface area contributed by atoms with Crippen LogP contribution in [-0.2, 0) is 13.0 Å². The Kier molecular flexibility index (Phi) is 5.66. The smallest absolute Gasteiger partial charge is 0.122 e. The normalized spacial score (nSPS) is 11.1. The van der Waals surface area contributed by atoms with Crippen molar-refractivity contribution in [2.45, 2.75) is 40.2 Å². The van der Waals surface area contributed by atoms with Crippen molar-refractivity contribution in [1.29, 1.82) is 0 Å². The van der Waals surface area contributed by atoms with Gasteiger partial charge in [-0.25, -0.2) is 4.98 Å². The van der Waals surface area contributed by atoms with Crippen LogP contribution in [0.3, 0.4) is 0 Å². The summed E-state index contributed by atoms with van der Waals surface area (Å²) in [6, 6.07) is 23.2. The quantitative estimate of drug-likeness (QED) is 0.364. The number of aryl methyl sites for hydroxylation is 3. The molecular formula is C26H28N2O. The molecule has 0 N–H and O–H groups in total. The van der Waals surface area contributed by atoms with Crippen LogP contribution in [0, 0.1) is 20.8 Å². The van der Waals surface area contributed by atoms with Gasteiger partial charge in [-0.3, -0.25) is 0 Å². The van der Waals surface area contributed by atoms with E-state index in [4.69, 9.17) is 9.72 Å². The lowest BCUT2D eigenvalue weighted by Crippen LogP contribution is -2.09. The van der Waals surface area contributed by atoms with Gasteiger partial charge in [-0.05, 0) is 67.6 Å². The predicted molar refractivity (Wildman–Crippen MR) is 120 cm³/mol. The highest BCUT2D eigenvalue weighted by atomic mass is 16.5. The number of hydrogen-bond donors (Lipinski definition) is 0. The maximum atomic E-state index is 6.07. The van der Waals surface area contributed by atoms with Gasteiger partial charge in [-0.15, -0.1) is 0 Å². The summed E-state index contributed by atoms with van der Waals surface area (Å²) in [5, 5.41) is 0. The molecule has 0 aliphatic carbocycles. The van der Waals surface area contributed by atoms with Crippen molar-refractivity contribution in [2.75, 3.05) is 6.61 Å². The van der Waals surface area contributed by atoms with Gasteiger partial charge in [0.2, 0.25) is 0 Å². The molecular weight excluding hydrogens is 356 g/mol. The first-order chi connectivity index (χ1) is 14.1. The molecule has 0 radical (unpaired) electrons. The number of hydrogen-bond acceptors (Lipinski definition) is 2. The number of nitrogens with zero attached hydrogens (tertiary/aromatic N) is 2. The Labute approximate surface area is 173 Å². The van der Waals surface area contributed by atoms with E-state index in [0.29, 0.717) is 6.61 Å². The van der Waals surface area contributed by atoms with Crippen molar-refractivity contribution in [2.24, 2.45) is 0 Å². The van der Waals surface area contributed by atoms with Crippen molar-refractivity contribution >= 4 is 11.0 Å². The van der Waals surface area contributed by atoms with E-state index in [9.17, 15) is 0 Å². The lowest BCUT2D eigenvalue weighted by atomic mass is 10.1. The van der Waals surface area contributed by atoms with Crippen LogP contribution in [0.2, 0.25) is 0 Å². The zero-order chi connectivity index (χ0) is 20.2. The summed E-state index contributed by atoms with van der Waals surface area (Å²) in [7, 11) is 0. The van der Waals surface area contributed by atoms with Crippen LogP contribution < -0.4 is 4.74 Å². The van der Waals surface area contributed by atoms with Gasteiger partial charge < -0.3 is 9.30 Å². The Morgan fingerprint density at radius 1 is 0.828 bits per heavy atom. The number of ether oxygens (including phenoxy) is 1. The Morgan fingerprint density at radius 3 is 2.45 bits per heavy atom. The molecule has 0 aliphatic rings. The van der Waals surface area contributed by atoms with Crippen molar-refractivity contribution in [3.63, 3.8) is 0 Å². The number of imidazole rings is 1. The number of para-hydroxylation sites is 2. The third-order valence-corrected chi connectivity index (χ3v) is 5.68. The second kappa shape index (κ2) is 8.52. The Morgan fingerprint density at radius 2 is 1.59 bits per heavy atom. The molecule has 3 aromatic carbocycles. The summed E-state index contributed by atoms with van der Waals surface area (Å²) in [4.78, 5) is 4.93. The Hall–Kier alpha value is -3.07. The molecule has 0 atom stereocenters. The van der Waals surface area contributed by atoms with E-state index in [1.54, 1.807) is 0 Å². The van der Waals surface area contributed by atoms with Gasteiger partial charge in [0.05, 0.1) is 17.6 Å². The molecule has 1 heterocycles. The monoisotopic (exact) mass is 384 g/mol. The lowest BCUT2D eigenvalue weighted by molar-refractivity contribution is 0.300.